The minimum absolute atomic E-state index is 0. The summed E-state index contributed by atoms with van der Waals surface area (Å²) in [5, 5.41) is 0. The lowest BCUT2D eigenvalue weighted by Crippen LogP contribution is -2.35. The molecule has 0 spiro atoms. The number of hydrogen-bond donors (Lipinski definition) is 1. The van der Waals surface area contributed by atoms with Gasteiger partial charge in [-0.25, -0.2) is 0 Å². The Hall–Kier alpha value is -1.35. The van der Waals surface area contributed by atoms with Crippen molar-refractivity contribution in [1.29, 1.82) is 0 Å². The number of nitrogens with zero attached hydrogens (tertiary/aromatic N) is 1. The number of nitrogens with two attached hydrogens (primary N) is 1. The van der Waals surface area contributed by atoms with E-state index >= 15 is 0 Å². The highest BCUT2D eigenvalue weighted by molar-refractivity contribution is 5.86. The van der Waals surface area contributed by atoms with Crippen LogP contribution >= 0.6 is 24.8 Å². The number of aliphatic imine (C=N–C) groups is 1. The lowest BCUT2D eigenvalue weighted by atomic mass is 9.69. The number of rotatable bonds is 4. The molecule has 0 saturated heterocycles. The Bertz CT molecular complexity index is 613. The quantitative estimate of drug-likeness (QED) is 0.900. The number of benzene rings is 2. The zero-order valence-corrected chi connectivity index (χ0v) is 14.1. The van der Waals surface area contributed by atoms with Crippen LogP contribution in [-0.4, -0.2) is 19.3 Å². The summed E-state index contributed by atoms with van der Waals surface area (Å²) in [5.41, 5.74) is 9.71. The Morgan fingerprint density at radius 3 is 2.36 bits per heavy atom. The first-order chi connectivity index (χ1) is 9.87. The first-order valence-corrected chi connectivity index (χ1v) is 7.22. The third-order valence-electron chi connectivity index (χ3n) is 4.20. The molecule has 1 atom stereocenters. The summed E-state index contributed by atoms with van der Waals surface area (Å²) in [7, 11) is 0. The molecule has 2 aromatic rings. The summed E-state index contributed by atoms with van der Waals surface area (Å²) >= 11 is 0. The van der Waals surface area contributed by atoms with Gasteiger partial charge in [0.25, 0.3) is 0 Å². The topological polar surface area (TPSA) is 38.4 Å². The molecule has 0 saturated carbocycles. The maximum Gasteiger partial charge on any atom is 0.0527 e. The van der Waals surface area contributed by atoms with Crippen molar-refractivity contribution >= 4 is 31.0 Å². The van der Waals surface area contributed by atoms with Gasteiger partial charge in [0, 0.05) is 11.6 Å². The van der Waals surface area contributed by atoms with Crippen molar-refractivity contribution in [3.63, 3.8) is 0 Å². The molecule has 22 heavy (non-hydrogen) atoms. The van der Waals surface area contributed by atoms with Crippen molar-refractivity contribution in [2.75, 3.05) is 13.1 Å². The van der Waals surface area contributed by atoms with Crippen LogP contribution in [0.2, 0.25) is 0 Å². The van der Waals surface area contributed by atoms with E-state index in [1.165, 1.54) is 16.7 Å². The van der Waals surface area contributed by atoms with Crippen molar-refractivity contribution in [2.45, 2.75) is 18.3 Å². The average Bonchev–Trinajstić information content (AvgIpc) is 2.54. The van der Waals surface area contributed by atoms with E-state index in [9.17, 15) is 0 Å². The fourth-order valence-corrected chi connectivity index (χ4v) is 3.20. The van der Waals surface area contributed by atoms with Gasteiger partial charge in [-0.05, 0) is 36.1 Å². The molecule has 0 aliphatic carbocycles. The van der Waals surface area contributed by atoms with Gasteiger partial charge in [0.15, 0.2) is 0 Å². The fourth-order valence-electron chi connectivity index (χ4n) is 3.20. The minimum Gasteiger partial charge on any atom is -0.330 e. The van der Waals surface area contributed by atoms with Gasteiger partial charge in [-0.1, -0.05) is 54.6 Å². The molecule has 0 bridgehead atoms. The molecule has 2 nitrogen and oxygen atoms in total. The first kappa shape index (κ1) is 18.7. The Balaban J connectivity index is 0.00000121. The average molecular weight is 337 g/mol. The molecular weight excluding hydrogens is 315 g/mol. The van der Waals surface area contributed by atoms with Crippen LogP contribution in [-0.2, 0) is 5.41 Å². The maximum atomic E-state index is 5.76. The van der Waals surface area contributed by atoms with E-state index < -0.39 is 0 Å². The van der Waals surface area contributed by atoms with Gasteiger partial charge < -0.3 is 5.73 Å². The molecule has 1 aliphatic heterocycles. The highest BCUT2D eigenvalue weighted by Gasteiger charge is 2.36. The van der Waals surface area contributed by atoms with Gasteiger partial charge in [-0.3, -0.25) is 4.99 Å². The Morgan fingerprint density at radius 1 is 0.955 bits per heavy atom. The molecule has 1 aliphatic rings. The van der Waals surface area contributed by atoms with Crippen LogP contribution in [0.25, 0.3) is 0 Å². The van der Waals surface area contributed by atoms with Gasteiger partial charge in [-0.15, -0.1) is 24.8 Å². The van der Waals surface area contributed by atoms with Gasteiger partial charge in [-0.2, -0.15) is 0 Å². The fraction of sp³-hybridized carbons (Fsp3) is 0.278. The van der Waals surface area contributed by atoms with E-state index in [0.29, 0.717) is 0 Å². The van der Waals surface area contributed by atoms with Gasteiger partial charge in [0.1, 0.15) is 0 Å². The summed E-state index contributed by atoms with van der Waals surface area (Å²) in [6.07, 6.45) is 4.06. The van der Waals surface area contributed by atoms with Crippen molar-refractivity contribution in [1.82, 2.24) is 0 Å². The van der Waals surface area contributed by atoms with Crippen LogP contribution in [0.5, 0.6) is 0 Å². The highest BCUT2D eigenvalue weighted by Crippen LogP contribution is 2.40. The molecule has 118 valence electrons. The van der Waals surface area contributed by atoms with Crippen LogP contribution in [0.4, 0.5) is 0 Å². The lowest BCUT2D eigenvalue weighted by Gasteiger charge is -2.37. The zero-order chi connectivity index (χ0) is 13.8. The molecule has 3 rings (SSSR count). The summed E-state index contributed by atoms with van der Waals surface area (Å²) in [5.74, 6) is 0. The molecule has 0 amide bonds. The van der Waals surface area contributed by atoms with E-state index in [0.717, 1.165) is 25.9 Å². The van der Waals surface area contributed by atoms with E-state index in [-0.39, 0.29) is 30.2 Å². The van der Waals surface area contributed by atoms with Crippen molar-refractivity contribution in [3.8, 4) is 0 Å². The number of hydrogen-bond acceptors (Lipinski definition) is 2. The van der Waals surface area contributed by atoms with Crippen molar-refractivity contribution in [3.05, 3.63) is 71.3 Å². The molecule has 2 N–H and O–H groups in total. The summed E-state index contributed by atoms with van der Waals surface area (Å²) in [4.78, 5) is 4.64. The summed E-state index contributed by atoms with van der Waals surface area (Å²) in [6, 6.07) is 19.3. The van der Waals surface area contributed by atoms with Crippen LogP contribution < -0.4 is 5.73 Å². The lowest BCUT2D eigenvalue weighted by molar-refractivity contribution is 0.465. The van der Waals surface area contributed by atoms with Gasteiger partial charge in [0.05, 0.1) is 6.54 Å². The standard InChI is InChI=1S/C18H20N2.2ClH/c19-12-6-11-18(16-8-2-1-3-9-16)14-20-13-15-7-4-5-10-17(15)18;;/h1-5,7-10,13H,6,11-12,14,19H2;2*1H. The number of halogens is 2. The third kappa shape index (κ3) is 3.35. The van der Waals surface area contributed by atoms with E-state index in [1.807, 2.05) is 6.21 Å². The predicted octanol–water partition coefficient (Wildman–Crippen LogP) is 3.99. The van der Waals surface area contributed by atoms with Crippen LogP contribution in [0, 0.1) is 0 Å². The zero-order valence-electron chi connectivity index (χ0n) is 12.4. The van der Waals surface area contributed by atoms with Gasteiger partial charge in [0.2, 0.25) is 0 Å². The van der Waals surface area contributed by atoms with Gasteiger partial charge >= 0.3 is 0 Å². The minimum atomic E-state index is -0.0219. The molecule has 0 aromatic heterocycles. The number of fused-ring (bicyclic) bond motifs is 1. The molecular formula is C18H22Cl2N2. The maximum absolute atomic E-state index is 5.76. The van der Waals surface area contributed by atoms with Crippen molar-refractivity contribution < 1.29 is 0 Å². The van der Waals surface area contributed by atoms with E-state index in [2.05, 4.69) is 59.6 Å². The summed E-state index contributed by atoms with van der Waals surface area (Å²) < 4.78 is 0. The SMILES string of the molecule is Cl.Cl.NCCCC1(c2ccccc2)CN=Cc2ccccc21. The highest BCUT2D eigenvalue weighted by atomic mass is 35.5. The van der Waals surface area contributed by atoms with Crippen molar-refractivity contribution in [2.24, 2.45) is 10.7 Å². The normalized spacial score (nSPS) is 18.8. The smallest absolute Gasteiger partial charge is 0.0527 e. The first-order valence-electron chi connectivity index (χ1n) is 7.22. The second-order valence-electron chi connectivity index (χ2n) is 5.40. The van der Waals surface area contributed by atoms with Crippen LogP contribution in [0.15, 0.2) is 59.6 Å². The molecule has 2 aromatic carbocycles. The second-order valence-corrected chi connectivity index (χ2v) is 5.40. The second kappa shape index (κ2) is 8.33. The molecule has 0 fully saturated rings. The van der Waals surface area contributed by atoms with Crippen LogP contribution in [0.1, 0.15) is 29.5 Å². The van der Waals surface area contributed by atoms with Crippen LogP contribution in [0.3, 0.4) is 0 Å². The Morgan fingerprint density at radius 2 is 1.64 bits per heavy atom. The third-order valence-corrected chi connectivity index (χ3v) is 4.20. The largest absolute Gasteiger partial charge is 0.330 e. The summed E-state index contributed by atoms with van der Waals surface area (Å²) in [6.45, 7) is 1.54. The monoisotopic (exact) mass is 336 g/mol. The van der Waals surface area contributed by atoms with E-state index in [1.54, 1.807) is 0 Å². The Labute approximate surface area is 144 Å². The molecule has 0 radical (unpaired) electrons. The predicted molar refractivity (Wildman–Crippen MR) is 98.9 cm³/mol. The molecule has 1 unspecified atom stereocenters. The molecule has 1 heterocycles. The van der Waals surface area contributed by atoms with E-state index in [4.69, 9.17) is 5.73 Å². The Kier molecular flexibility index (Phi) is 7.08. The molecule has 4 heteroatoms.